The number of ether oxygens (including phenoxy) is 2. The maximum Gasteiger partial charge on any atom is 0.342 e. The molecule has 1 amide bonds. The van der Waals surface area contributed by atoms with E-state index in [1.54, 1.807) is 42.7 Å². The molecule has 35 heavy (non-hydrogen) atoms. The van der Waals surface area contributed by atoms with E-state index in [4.69, 9.17) is 21.1 Å². The van der Waals surface area contributed by atoms with Gasteiger partial charge in [-0.25, -0.2) is 9.78 Å². The lowest BCUT2D eigenvalue weighted by atomic mass is 10.1. The van der Waals surface area contributed by atoms with Crippen LogP contribution in [-0.4, -0.2) is 28.0 Å². The summed E-state index contributed by atoms with van der Waals surface area (Å²) in [6.45, 7) is -0.266. The Bertz CT molecular complexity index is 1310. The molecule has 1 N–H and O–H groups in total. The maximum atomic E-state index is 12.8. The number of nitrogens with one attached hydrogen (secondary N) is 1. The summed E-state index contributed by atoms with van der Waals surface area (Å²) in [5.41, 5.74) is 1.87. The molecule has 0 aliphatic heterocycles. The molecule has 1 aromatic heterocycles. The number of hydrogen-bond donors (Lipinski definition) is 1. The van der Waals surface area contributed by atoms with Gasteiger partial charge in [0.25, 0.3) is 5.91 Å². The fourth-order valence-corrected chi connectivity index (χ4v) is 3.73. The van der Waals surface area contributed by atoms with Gasteiger partial charge in [0.2, 0.25) is 0 Å². The van der Waals surface area contributed by atoms with E-state index < -0.39 is 24.5 Å². The van der Waals surface area contributed by atoms with E-state index in [-0.39, 0.29) is 12.2 Å². The van der Waals surface area contributed by atoms with Gasteiger partial charge in [-0.1, -0.05) is 72.3 Å². The number of benzene rings is 3. The van der Waals surface area contributed by atoms with Crippen molar-refractivity contribution in [3.8, 4) is 5.75 Å². The molecule has 4 aromatic rings. The summed E-state index contributed by atoms with van der Waals surface area (Å²) in [7, 11) is 1.85. The van der Waals surface area contributed by atoms with Gasteiger partial charge in [-0.05, 0) is 23.8 Å². The summed E-state index contributed by atoms with van der Waals surface area (Å²) < 4.78 is 13.0. The predicted molar refractivity (Wildman–Crippen MR) is 132 cm³/mol. The smallest absolute Gasteiger partial charge is 0.342 e. The molecule has 0 saturated heterocycles. The molecular weight excluding hydrogens is 466 g/mol. The van der Waals surface area contributed by atoms with Crippen molar-refractivity contribution in [2.24, 2.45) is 7.05 Å². The molecule has 0 radical (unpaired) electrons. The minimum Gasteiger partial charge on any atom is -0.488 e. The fourth-order valence-electron chi connectivity index (χ4n) is 3.54. The van der Waals surface area contributed by atoms with Crippen molar-refractivity contribution in [2.45, 2.75) is 12.6 Å². The molecule has 0 saturated carbocycles. The lowest BCUT2D eigenvalue weighted by molar-refractivity contribution is -0.124. The van der Waals surface area contributed by atoms with Gasteiger partial charge in [0.05, 0.1) is 0 Å². The molecule has 1 heterocycles. The van der Waals surface area contributed by atoms with Crippen molar-refractivity contribution in [3.63, 3.8) is 0 Å². The molecule has 3 aromatic carbocycles. The van der Waals surface area contributed by atoms with Crippen LogP contribution in [0.3, 0.4) is 0 Å². The average molecular weight is 490 g/mol. The first-order valence-corrected chi connectivity index (χ1v) is 11.3. The highest BCUT2D eigenvalue weighted by atomic mass is 35.5. The molecule has 0 aliphatic carbocycles. The second-order valence-electron chi connectivity index (χ2n) is 7.76. The minimum absolute atomic E-state index is 0.187. The van der Waals surface area contributed by atoms with E-state index in [0.29, 0.717) is 16.6 Å². The Hall–Kier alpha value is -4.10. The number of rotatable bonds is 9. The number of aromatic nitrogens is 2. The van der Waals surface area contributed by atoms with Gasteiger partial charge in [0.15, 0.2) is 6.61 Å². The van der Waals surface area contributed by atoms with E-state index in [9.17, 15) is 9.59 Å². The van der Waals surface area contributed by atoms with E-state index in [2.05, 4.69) is 10.3 Å². The van der Waals surface area contributed by atoms with Crippen molar-refractivity contribution in [1.82, 2.24) is 14.9 Å². The van der Waals surface area contributed by atoms with Crippen LogP contribution in [0.2, 0.25) is 5.02 Å². The molecule has 1 atom stereocenters. The zero-order valence-electron chi connectivity index (χ0n) is 19.1. The van der Waals surface area contributed by atoms with Crippen LogP contribution in [0.4, 0.5) is 0 Å². The number of nitrogens with zero attached hydrogens (tertiary/aromatic N) is 2. The van der Waals surface area contributed by atoms with Crippen LogP contribution < -0.4 is 10.1 Å². The highest BCUT2D eigenvalue weighted by molar-refractivity contribution is 6.31. The monoisotopic (exact) mass is 489 g/mol. The van der Waals surface area contributed by atoms with Crippen molar-refractivity contribution in [2.75, 3.05) is 6.61 Å². The second-order valence-corrected chi connectivity index (χ2v) is 8.17. The molecule has 0 bridgehead atoms. The van der Waals surface area contributed by atoms with Crippen LogP contribution >= 0.6 is 11.6 Å². The zero-order chi connectivity index (χ0) is 24.6. The molecule has 0 spiro atoms. The normalized spacial score (nSPS) is 11.5. The van der Waals surface area contributed by atoms with Crippen LogP contribution in [0, 0.1) is 0 Å². The summed E-state index contributed by atoms with van der Waals surface area (Å²) in [5.74, 6) is -0.116. The number of hydrogen-bond acceptors (Lipinski definition) is 5. The quantitative estimate of drug-likeness (QED) is 0.344. The first-order valence-electron chi connectivity index (χ1n) is 11.0. The molecule has 0 fully saturated rings. The molecular formula is C27H24ClN3O4. The molecule has 1 unspecified atom stereocenters. The van der Waals surface area contributed by atoms with Crippen molar-refractivity contribution in [3.05, 3.63) is 119 Å². The van der Waals surface area contributed by atoms with Gasteiger partial charge in [-0.15, -0.1) is 0 Å². The van der Waals surface area contributed by atoms with Crippen molar-refractivity contribution >= 4 is 23.5 Å². The highest BCUT2D eigenvalue weighted by Gasteiger charge is 2.22. The van der Waals surface area contributed by atoms with Crippen LogP contribution in [0.5, 0.6) is 5.75 Å². The predicted octanol–water partition coefficient (Wildman–Crippen LogP) is 4.72. The Labute approximate surface area is 208 Å². The number of amides is 1. The Morgan fingerprint density at radius 3 is 2.46 bits per heavy atom. The topological polar surface area (TPSA) is 82.5 Å². The summed E-state index contributed by atoms with van der Waals surface area (Å²) >= 11 is 6.19. The molecule has 7 nitrogen and oxygen atoms in total. The molecule has 8 heteroatoms. The van der Waals surface area contributed by atoms with E-state index in [0.717, 1.165) is 11.1 Å². The summed E-state index contributed by atoms with van der Waals surface area (Å²) in [6, 6.07) is 23.0. The third-order valence-corrected chi connectivity index (χ3v) is 5.71. The number of halogens is 1. The van der Waals surface area contributed by atoms with Gasteiger partial charge in [0, 0.05) is 30.0 Å². The van der Waals surface area contributed by atoms with Gasteiger partial charge >= 0.3 is 5.97 Å². The lowest BCUT2D eigenvalue weighted by Crippen LogP contribution is -2.34. The minimum atomic E-state index is -0.664. The summed E-state index contributed by atoms with van der Waals surface area (Å²) in [5, 5.41) is 3.48. The third-order valence-electron chi connectivity index (χ3n) is 5.34. The first kappa shape index (κ1) is 24.0. The maximum absolute atomic E-state index is 12.8. The number of carbonyl (C=O) groups excluding carboxylic acids is 2. The van der Waals surface area contributed by atoms with Crippen LogP contribution in [0.1, 0.15) is 33.4 Å². The fraction of sp³-hybridized carbons (Fsp3) is 0.148. The number of esters is 1. The number of aryl methyl sites for hydroxylation is 1. The number of carbonyl (C=O) groups is 2. The van der Waals surface area contributed by atoms with Crippen LogP contribution in [0.15, 0.2) is 91.3 Å². The Balaban J connectivity index is 1.40. The third kappa shape index (κ3) is 6.07. The largest absolute Gasteiger partial charge is 0.488 e. The van der Waals surface area contributed by atoms with Crippen molar-refractivity contribution in [1.29, 1.82) is 0 Å². The number of para-hydroxylation sites is 1. The van der Waals surface area contributed by atoms with E-state index in [1.807, 2.05) is 60.1 Å². The van der Waals surface area contributed by atoms with E-state index in [1.165, 1.54) is 0 Å². The zero-order valence-corrected chi connectivity index (χ0v) is 19.8. The van der Waals surface area contributed by atoms with Crippen LogP contribution in [-0.2, 0) is 23.2 Å². The summed E-state index contributed by atoms with van der Waals surface area (Å²) in [6.07, 6.45) is 3.47. The Morgan fingerprint density at radius 1 is 1.00 bits per heavy atom. The lowest BCUT2D eigenvalue weighted by Gasteiger charge is -2.19. The van der Waals surface area contributed by atoms with Gasteiger partial charge in [-0.2, -0.15) is 0 Å². The number of imidazole rings is 1. The Kier molecular flexibility index (Phi) is 7.80. The van der Waals surface area contributed by atoms with Crippen molar-refractivity contribution < 1.29 is 19.1 Å². The molecule has 0 aliphatic rings. The summed E-state index contributed by atoms with van der Waals surface area (Å²) in [4.78, 5) is 29.9. The van der Waals surface area contributed by atoms with Gasteiger partial charge < -0.3 is 19.4 Å². The first-order chi connectivity index (χ1) is 17.0. The van der Waals surface area contributed by atoms with E-state index >= 15 is 0 Å². The highest BCUT2D eigenvalue weighted by Crippen LogP contribution is 2.23. The second kappa shape index (κ2) is 11.4. The molecule has 178 valence electrons. The average Bonchev–Trinajstić information content (AvgIpc) is 3.31. The van der Waals surface area contributed by atoms with Gasteiger partial charge in [-0.3, -0.25) is 4.79 Å². The Morgan fingerprint density at radius 2 is 1.71 bits per heavy atom. The standard InChI is InChI=1S/C27H24ClN3O4/c1-31-16-15-29-26(31)25(19-9-3-2-4-10-19)30-24(32)18-35-27(33)21-12-6-8-14-23(21)34-17-20-11-5-7-13-22(20)28/h2-16,25H,17-18H2,1H3,(H,30,32). The SMILES string of the molecule is Cn1ccnc1C(NC(=O)COC(=O)c1ccccc1OCc1ccccc1Cl)c1ccccc1. The molecule has 4 rings (SSSR count). The van der Waals surface area contributed by atoms with Crippen LogP contribution in [0.25, 0.3) is 0 Å². The van der Waals surface area contributed by atoms with Gasteiger partial charge in [0.1, 0.15) is 29.8 Å².